The number of aryl methyl sites for hydroxylation is 2. The Bertz CT molecular complexity index is 1670. The maximum Gasteiger partial charge on any atom is 0.303 e. The van der Waals surface area contributed by atoms with Gasteiger partial charge < -0.3 is 19.6 Å². The molecule has 0 aliphatic rings. The van der Waals surface area contributed by atoms with Crippen LogP contribution in [0.2, 0.25) is 0 Å². The van der Waals surface area contributed by atoms with Crippen molar-refractivity contribution in [1.29, 1.82) is 0 Å². The zero-order valence-corrected chi connectivity index (χ0v) is 23.2. The molecule has 8 heteroatoms. The van der Waals surface area contributed by atoms with Crippen molar-refractivity contribution < 1.29 is 23.8 Å². The highest BCUT2D eigenvalue weighted by molar-refractivity contribution is 5.92. The summed E-state index contributed by atoms with van der Waals surface area (Å²) in [4.78, 5) is 32.5. The monoisotopic (exact) mass is 561 g/mol. The Morgan fingerprint density at radius 2 is 1.64 bits per heavy atom. The molecule has 1 amide bonds. The van der Waals surface area contributed by atoms with E-state index in [4.69, 9.17) is 19.2 Å². The van der Waals surface area contributed by atoms with E-state index in [9.17, 15) is 9.59 Å². The van der Waals surface area contributed by atoms with Crippen LogP contribution in [0.15, 0.2) is 102 Å². The van der Waals surface area contributed by atoms with Crippen molar-refractivity contribution in [2.24, 2.45) is 0 Å². The zero-order chi connectivity index (χ0) is 29.3. The summed E-state index contributed by atoms with van der Waals surface area (Å²) in [6.45, 7) is 2.48. The van der Waals surface area contributed by atoms with E-state index < -0.39 is 5.97 Å². The van der Waals surface area contributed by atoms with Gasteiger partial charge in [0.25, 0.3) is 5.91 Å². The summed E-state index contributed by atoms with van der Waals surface area (Å²) in [7, 11) is 0. The summed E-state index contributed by atoms with van der Waals surface area (Å²) in [6.07, 6.45) is 2.43. The van der Waals surface area contributed by atoms with Gasteiger partial charge in [-0.3, -0.25) is 14.6 Å². The van der Waals surface area contributed by atoms with E-state index in [1.165, 1.54) is 0 Å². The van der Waals surface area contributed by atoms with E-state index in [1.54, 1.807) is 24.4 Å². The second kappa shape index (κ2) is 13.4. The number of carbonyl (C=O) groups is 2. The van der Waals surface area contributed by atoms with Crippen molar-refractivity contribution in [2.45, 2.75) is 32.7 Å². The number of benzene rings is 3. The van der Waals surface area contributed by atoms with Crippen molar-refractivity contribution >= 4 is 11.9 Å². The number of oxazole rings is 1. The Balaban J connectivity index is 1.24. The quantitative estimate of drug-likeness (QED) is 0.184. The number of carboxylic acids is 1. The summed E-state index contributed by atoms with van der Waals surface area (Å²) in [5, 5.41) is 12.0. The first-order chi connectivity index (χ1) is 20.5. The van der Waals surface area contributed by atoms with Crippen LogP contribution < -0.4 is 10.1 Å². The minimum Gasteiger partial charge on any atom is -0.493 e. The molecule has 0 aliphatic carbocycles. The van der Waals surface area contributed by atoms with Gasteiger partial charge in [-0.2, -0.15) is 0 Å². The molecule has 5 aromatic rings. The van der Waals surface area contributed by atoms with Crippen molar-refractivity contribution in [2.75, 3.05) is 6.61 Å². The van der Waals surface area contributed by atoms with Gasteiger partial charge in [0.15, 0.2) is 0 Å². The Morgan fingerprint density at radius 3 is 2.43 bits per heavy atom. The van der Waals surface area contributed by atoms with Crippen LogP contribution in [0, 0.1) is 6.92 Å². The lowest BCUT2D eigenvalue weighted by molar-refractivity contribution is -0.136. The number of pyridine rings is 1. The van der Waals surface area contributed by atoms with Crippen molar-refractivity contribution in [1.82, 2.24) is 15.3 Å². The van der Waals surface area contributed by atoms with Crippen LogP contribution >= 0.6 is 0 Å². The van der Waals surface area contributed by atoms with Crippen LogP contribution in [-0.2, 0) is 24.2 Å². The van der Waals surface area contributed by atoms with Crippen molar-refractivity contribution in [3.8, 4) is 28.3 Å². The molecule has 2 aromatic heterocycles. The Morgan fingerprint density at radius 1 is 0.857 bits per heavy atom. The summed E-state index contributed by atoms with van der Waals surface area (Å²) >= 11 is 0. The van der Waals surface area contributed by atoms with E-state index >= 15 is 0 Å². The van der Waals surface area contributed by atoms with E-state index in [-0.39, 0.29) is 18.9 Å². The van der Waals surface area contributed by atoms with Crippen LogP contribution in [0.4, 0.5) is 0 Å². The molecule has 2 heterocycles. The van der Waals surface area contributed by atoms with Gasteiger partial charge in [-0.1, -0.05) is 54.6 Å². The van der Waals surface area contributed by atoms with E-state index in [1.807, 2.05) is 55.5 Å². The Labute approximate surface area is 244 Å². The molecule has 0 aliphatic heterocycles. The van der Waals surface area contributed by atoms with Crippen LogP contribution in [0.1, 0.15) is 39.5 Å². The Kier molecular flexibility index (Phi) is 9.03. The summed E-state index contributed by atoms with van der Waals surface area (Å²) in [6, 6.07) is 28.9. The fraction of sp³-hybridized carbons (Fsp3) is 0.176. The molecule has 0 spiro atoms. The summed E-state index contributed by atoms with van der Waals surface area (Å²) in [5.74, 6) is 0.730. The first kappa shape index (κ1) is 28.3. The predicted molar refractivity (Wildman–Crippen MR) is 159 cm³/mol. The lowest BCUT2D eigenvalue weighted by Gasteiger charge is -2.13. The number of aromatic nitrogens is 2. The molecule has 3 aromatic carbocycles. The number of amides is 1. The number of ether oxygens (including phenoxy) is 1. The highest BCUT2D eigenvalue weighted by atomic mass is 16.5. The fourth-order valence-corrected chi connectivity index (χ4v) is 4.62. The highest BCUT2D eigenvalue weighted by Crippen LogP contribution is 2.27. The van der Waals surface area contributed by atoms with Gasteiger partial charge in [0.2, 0.25) is 5.89 Å². The first-order valence-corrected chi connectivity index (χ1v) is 13.7. The summed E-state index contributed by atoms with van der Waals surface area (Å²) < 4.78 is 12.1. The molecular weight excluding hydrogens is 530 g/mol. The number of carboxylic acid groups (broad SMARTS) is 1. The number of hydrogen-bond acceptors (Lipinski definition) is 6. The van der Waals surface area contributed by atoms with Crippen LogP contribution in [0.25, 0.3) is 22.6 Å². The second-order valence-corrected chi connectivity index (χ2v) is 9.79. The van der Waals surface area contributed by atoms with Gasteiger partial charge in [0, 0.05) is 31.1 Å². The molecule has 0 saturated heterocycles. The van der Waals surface area contributed by atoms with Gasteiger partial charge in [-0.15, -0.1) is 0 Å². The smallest absolute Gasteiger partial charge is 0.303 e. The zero-order valence-electron chi connectivity index (χ0n) is 23.2. The minimum absolute atomic E-state index is 0.0105. The molecule has 0 fully saturated rings. The fourth-order valence-electron chi connectivity index (χ4n) is 4.62. The largest absolute Gasteiger partial charge is 0.493 e. The average Bonchev–Trinajstić information content (AvgIpc) is 3.40. The Hall–Kier alpha value is -5.24. The van der Waals surface area contributed by atoms with E-state index in [2.05, 4.69) is 34.6 Å². The van der Waals surface area contributed by atoms with Crippen molar-refractivity contribution in [3.63, 3.8) is 0 Å². The third kappa shape index (κ3) is 7.28. The SMILES string of the molecule is Cc1oc(-c2cccc(-c3ccccc3)c2)nc1CCOc1ccc(CCC(=O)O)c(CNC(=O)c2ccccn2)c1. The standard InChI is InChI=1S/C34H31N3O5/c1-23-30(37-34(42-23)27-11-7-10-26(20-27)24-8-3-2-4-9-24)17-19-41-29-15-13-25(14-16-32(38)39)28(21-29)22-36-33(40)31-12-5-6-18-35-31/h2-13,15,18,20-21H,14,16-17,19,22H2,1H3,(H,36,40)(H,38,39). The molecular formula is C34H31N3O5. The van der Waals surface area contributed by atoms with E-state index in [0.29, 0.717) is 36.8 Å². The predicted octanol–water partition coefficient (Wildman–Crippen LogP) is 6.28. The molecule has 8 nitrogen and oxygen atoms in total. The molecule has 0 saturated carbocycles. The van der Waals surface area contributed by atoms with Crippen LogP contribution in [0.5, 0.6) is 5.75 Å². The van der Waals surface area contributed by atoms with Crippen molar-refractivity contribution in [3.05, 3.63) is 125 Å². The third-order valence-electron chi connectivity index (χ3n) is 6.84. The minimum atomic E-state index is -0.882. The number of carbonyl (C=O) groups excluding carboxylic acids is 1. The lowest BCUT2D eigenvalue weighted by atomic mass is 10.0. The number of hydrogen-bond donors (Lipinski definition) is 2. The summed E-state index contributed by atoms with van der Waals surface area (Å²) in [5.41, 5.74) is 5.87. The molecule has 0 unspecified atom stereocenters. The maximum atomic E-state index is 12.5. The van der Waals surface area contributed by atoms with Crippen LogP contribution in [-0.4, -0.2) is 33.6 Å². The first-order valence-electron chi connectivity index (χ1n) is 13.7. The molecule has 212 valence electrons. The highest BCUT2D eigenvalue weighted by Gasteiger charge is 2.14. The molecule has 2 N–H and O–H groups in total. The van der Waals surface area contributed by atoms with Gasteiger partial charge >= 0.3 is 5.97 Å². The number of nitrogens with one attached hydrogen (secondary N) is 1. The van der Waals surface area contributed by atoms with Gasteiger partial charge in [0.1, 0.15) is 17.2 Å². The van der Waals surface area contributed by atoms with Gasteiger partial charge in [0.05, 0.1) is 12.3 Å². The molecule has 42 heavy (non-hydrogen) atoms. The second-order valence-electron chi connectivity index (χ2n) is 9.79. The average molecular weight is 562 g/mol. The molecule has 0 radical (unpaired) electrons. The number of rotatable bonds is 12. The molecule has 0 bridgehead atoms. The lowest BCUT2D eigenvalue weighted by Crippen LogP contribution is -2.24. The van der Waals surface area contributed by atoms with E-state index in [0.717, 1.165) is 39.3 Å². The number of aliphatic carboxylic acids is 1. The van der Waals surface area contributed by atoms with Gasteiger partial charge in [-0.25, -0.2) is 4.98 Å². The third-order valence-corrected chi connectivity index (χ3v) is 6.84. The maximum absolute atomic E-state index is 12.5. The molecule has 0 atom stereocenters. The normalized spacial score (nSPS) is 10.8. The van der Waals surface area contributed by atoms with Gasteiger partial charge in [-0.05, 0) is 72.0 Å². The topological polar surface area (TPSA) is 115 Å². The van der Waals surface area contributed by atoms with Crippen LogP contribution in [0.3, 0.4) is 0 Å². The number of nitrogens with zero attached hydrogens (tertiary/aromatic N) is 2. The molecule has 5 rings (SSSR count).